The van der Waals surface area contributed by atoms with E-state index < -0.39 is 0 Å². The van der Waals surface area contributed by atoms with E-state index in [0.717, 1.165) is 59.4 Å². The molecule has 0 unspecified atom stereocenters. The number of nitrogens with zero attached hydrogens (tertiary/aromatic N) is 4. The van der Waals surface area contributed by atoms with E-state index in [4.69, 9.17) is 11.6 Å². The summed E-state index contributed by atoms with van der Waals surface area (Å²) in [6.45, 7) is 11.9. The molecule has 0 N–H and O–H groups in total. The van der Waals surface area contributed by atoms with Gasteiger partial charge in [0.1, 0.15) is 5.52 Å². The van der Waals surface area contributed by atoms with Gasteiger partial charge in [-0.25, -0.2) is 4.68 Å². The van der Waals surface area contributed by atoms with Crippen molar-refractivity contribution in [3.63, 3.8) is 0 Å². The molecule has 33 heavy (non-hydrogen) atoms. The zero-order valence-corrected chi connectivity index (χ0v) is 20.7. The summed E-state index contributed by atoms with van der Waals surface area (Å²) >= 11 is 6.65. The van der Waals surface area contributed by atoms with Crippen LogP contribution < -0.4 is 0 Å². The molecule has 0 fully saturated rings. The average molecular weight is 459 g/mol. The molecule has 3 aromatic carbocycles. The summed E-state index contributed by atoms with van der Waals surface area (Å²) in [5.74, 6) is 0. The molecule has 4 aromatic rings. The highest BCUT2D eigenvalue weighted by molar-refractivity contribution is 6.31. The van der Waals surface area contributed by atoms with Crippen LogP contribution in [0.2, 0.25) is 5.02 Å². The molecule has 0 atom stereocenters. The predicted octanol–water partition coefficient (Wildman–Crippen LogP) is 7.31. The highest BCUT2D eigenvalue weighted by atomic mass is 35.5. The Bertz CT molecular complexity index is 1300. The molecular formula is C28H31ClN4. The Morgan fingerprint density at radius 2 is 1.85 bits per heavy atom. The predicted molar refractivity (Wildman–Crippen MR) is 140 cm³/mol. The molecule has 0 aliphatic carbocycles. The molecule has 4 nitrogen and oxygen atoms in total. The minimum atomic E-state index is 0.717. The maximum Gasteiger partial charge on any atom is 0.113 e. The van der Waals surface area contributed by atoms with Gasteiger partial charge in [0.05, 0.1) is 11.2 Å². The zero-order chi connectivity index (χ0) is 23.5. The number of hydrogen-bond donors (Lipinski definition) is 0. The van der Waals surface area contributed by atoms with Crippen LogP contribution in [0.5, 0.6) is 0 Å². The third kappa shape index (κ3) is 4.53. The maximum absolute atomic E-state index is 6.65. The van der Waals surface area contributed by atoms with Crippen LogP contribution in [0.25, 0.3) is 33.5 Å². The number of para-hydroxylation sites is 1. The molecule has 1 heterocycles. The van der Waals surface area contributed by atoms with Gasteiger partial charge in [-0.15, -0.1) is 5.10 Å². The minimum absolute atomic E-state index is 0.717. The first kappa shape index (κ1) is 23.1. The fourth-order valence-electron chi connectivity index (χ4n) is 4.31. The van der Waals surface area contributed by atoms with Crippen molar-refractivity contribution in [3.8, 4) is 16.8 Å². The van der Waals surface area contributed by atoms with Crippen LogP contribution in [-0.4, -0.2) is 33.5 Å². The molecular weight excluding hydrogens is 428 g/mol. The first-order valence-corrected chi connectivity index (χ1v) is 12.0. The van der Waals surface area contributed by atoms with E-state index in [2.05, 4.69) is 73.9 Å². The molecule has 0 bridgehead atoms. The summed E-state index contributed by atoms with van der Waals surface area (Å²) < 4.78 is 1.90. The first-order valence-electron chi connectivity index (χ1n) is 11.6. The van der Waals surface area contributed by atoms with Gasteiger partial charge in [0.2, 0.25) is 0 Å². The molecule has 0 saturated carbocycles. The minimum Gasteiger partial charge on any atom is -0.375 e. The van der Waals surface area contributed by atoms with Gasteiger partial charge in [0.25, 0.3) is 0 Å². The molecule has 170 valence electrons. The zero-order valence-electron chi connectivity index (χ0n) is 19.9. The van der Waals surface area contributed by atoms with Crippen LogP contribution in [0, 0.1) is 6.92 Å². The lowest BCUT2D eigenvalue weighted by atomic mass is 9.91. The number of halogens is 1. The lowest BCUT2D eigenvalue weighted by molar-refractivity contribution is 0.463. The second kappa shape index (κ2) is 9.80. The SMILES string of the molecule is C=C(c1cc(Cl)cc(-c2cc(-n3nnc4ccccc43)ccc2CC)c1C)N(C)CCCC. The molecule has 0 aliphatic rings. The highest BCUT2D eigenvalue weighted by Crippen LogP contribution is 2.36. The molecule has 0 amide bonds. The van der Waals surface area contributed by atoms with Gasteiger partial charge in [-0.2, -0.15) is 0 Å². The summed E-state index contributed by atoms with van der Waals surface area (Å²) in [5.41, 5.74) is 9.69. The van der Waals surface area contributed by atoms with Crippen molar-refractivity contribution in [3.05, 3.63) is 82.9 Å². The fourth-order valence-corrected chi connectivity index (χ4v) is 4.53. The third-order valence-electron chi connectivity index (χ3n) is 6.35. The van der Waals surface area contributed by atoms with E-state index in [-0.39, 0.29) is 0 Å². The average Bonchev–Trinajstić information content (AvgIpc) is 3.27. The van der Waals surface area contributed by atoms with E-state index in [9.17, 15) is 0 Å². The van der Waals surface area contributed by atoms with Crippen LogP contribution >= 0.6 is 11.6 Å². The lowest BCUT2D eigenvalue weighted by Crippen LogP contribution is -2.18. The fraction of sp³-hybridized carbons (Fsp3) is 0.286. The quantitative estimate of drug-likeness (QED) is 0.277. The molecule has 0 spiro atoms. The van der Waals surface area contributed by atoms with Crippen LogP contribution in [0.15, 0.2) is 61.2 Å². The first-order chi connectivity index (χ1) is 15.9. The van der Waals surface area contributed by atoms with Crippen molar-refractivity contribution in [2.75, 3.05) is 13.6 Å². The van der Waals surface area contributed by atoms with Crippen molar-refractivity contribution in [2.24, 2.45) is 0 Å². The van der Waals surface area contributed by atoms with Gasteiger partial charge in [0, 0.05) is 29.9 Å². The maximum atomic E-state index is 6.65. The van der Waals surface area contributed by atoms with Crippen molar-refractivity contribution in [1.82, 2.24) is 19.9 Å². The Kier molecular flexibility index (Phi) is 6.85. The standard InChI is InChI=1S/C28H31ClN4/c1-6-8-15-32(5)20(4)24-16-22(29)17-25(19(24)3)26-18-23(14-13-21(26)7-2)33-28-12-10-9-11-27(28)30-31-33/h9-14,16-18H,4,6-8,15H2,1-3,5H3. The number of aromatic nitrogens is 3. The summed E-state index contributed by atoms with van der Waals surface area (Å²) in [4.78, 5) is 2.23. The summed E-state index contributed by atoms with van der Waals surface area (Å²) in [7, 11) is 2.10. The topological polar surface area (TPSA) is 34.0 Å². The Morgan fingerprint density at radius 1 is 1.06 bits per heavy atom. The Hall–Kier alpha value is -3.11. The van der Waals surface area contributed by atoms with Gasteiger partial charge in [-0.3, -0.25) is 0 Å². The summed E-state index contributed by atoms with van der Waals surface area (Å²) in [5, 5.41) is 9.46. The van der Waals surface area contributed by atoms with E-state index in [1.807, 2.05) is 35.0 Å². The summed E-state index contributed by atoms with van der Waals surface area (Å²) in [6, 6.07) is 18.6. The van der Waals surface area contributed by atoms with Crippen molar-refractivity contribution in [2.45, 2.75) is 40.0 Å². The van der Waals surface area contributed by atoms with Crippen molar-refractivity contribution in [1.29, 1.82) is 0 Å². The number of aryl methyl sites for hydroxylation is 1. The van der Waals surface area contributed by atoms with Gasteiger partial charge in [-0.05, 0) is 78.4 Å². The van der Waals surface area contributed by atoms with Gasteiger partial charge >= 0.3 is 0 Å². The van der Waals surface area contributed by atoms with Gasteiger partial charge < -0.3 is 4.90 Å². The molecule has 4 rings (SSSR count). The van der Waals surface area contributed by atoms with Crippen LogP contribution in [0.4, 0.5) is 0 Å². The Morgan fingerprint density at radius 3 is 2.61 bits per heavy atom. The third-order valence-corrected chi connectivity index (χ3v) is 6.57. The summed E-state index contributed by atoms with van der Waals surface area (Å²) in [6.07, 6.45) is 3.21. The van der Waals surface area contributed by atoms with Crippen molar-refractivity contribution >= 4 is 28.3 Å². The number of benzene rings is 3. The van der Waals surface area contributed by atoms with Gasteiger partial charge in [-0.1, -0.05) is 61.9 Å². The molecule has 0 saturated heterocycles. The lowest BCUT2D eigenvalue weighted by Gasteiger charge is -2.25. The largest absolute Gasteiger partial charge is 0.375 e. The highest BCUT2D eigenvalue weighted by Gasteiger charge is 2.17. The van der Waals surface area contributed by atoms with Crippen LogP contribution in [0.3, 0.4) is 0 Å². The second-order valence-electron chi connectivity index (χ2n) is 8.53. The monoisotopic (exact) mass is 458 g/mol. The van der Waals surface area contributed by atoms with E-state index in [1.165, 1.54) is 16.7 Å². The Balaban J connectivity index is 1.84. The molecule has 0 aliphatic heterocycles. The smallest absolute Gasteiger partial charge is 0.113 e. The molecule has 5 heteroatoms. The molecule has 1 aromatic heterocycles. The van der Waals surface area contributed by atoms with E-state index in [0.29, 0.717) is 5.02 Å². The van der Waals surface area contributed by atoms with Crippen LogP contribution in [0.1, 0.15) is 43.4 Å². The number of hydrogen-bond acceptors (Lipinski definition) is 3. The molecule has 0 radical (unpaired) electrons. The number of rotatable bonds is 8. The van der Waals surface area contributed by atoms with E-state index in [1.54, 1.807) is 0 Å². The second-order valence-corrected chi connectivity index (χ2v) is 8.97. The van der Waals surface area contributed by atoms with Crippen molar-refractivity contribution < 1.29 is 0 Å². The van der Waals surface area contributed by atoms with Gasteiger partial charge in [0.15, 0.2) is 0 Å². The van der Waals surface area contributed by atoms with Crippen LogP contribution in [-0.2, 0) is 6.42 Å². The van der Waals surface area contributed by atoms with E-state index >= 15 is 0 Å². The normalized spacial score (nSPS) is 11.2. The number of fused-ring (bicyclic) bond motifs is 1. The number of unbranched alkanes of at least 4 members (excludes halogenated alkanes) is 1. The Labute approximate surface area is 201 Å².